The number of rotatable bonds is 23. The molecule has 602 valence electrons. The van der Waals surface area contributed by atoms with Gasteiger partial charge in [0.25, 0.3) is 5.92 Å². The molecule has 2 unspecified atom stereocenters. The summed E-state index contributed by atoms with van der Waals surface area (Å²) in [5.74, 6) is 2.46. The molecule has 6 fully saturated rings. The second kappa shape index (κ2) is 37.5. The molecule has 13 heterocycles. The third-order valence-corrected chi connectivity index (χ3v) is 20.3. The van der Waals surface area contributed by atoms with Crippen LogP contribution in [-0.4, -0.2) is 244 Å². The predicted octanol–water partition coefficient (Wildman–Crippen LogP) is 8.22. The number of nitrogens with zero attached hydrogens (tertiary/aromatic N) is 25. The maximum Gasteiger partial charge on any atom is 0.272 e. The number of aliphatic hydroxyl groups is 1. The highest BCUT2D eigenvalue weighted by Gasteiger charge is 2.43. The van der Waals surface area contributed by atoms with E-state index in [2.05, 4.69) is 165 Å². The van der Waals surface area contributed by atoms with Gasteiger partial charge in [-0.15, -0.1) is 0 Å². The minimum atomic E-state index is -2.57. The Hall–Kier alpha value is -13.0. The molecule has 12 aromatic rings. The molecule has 33 nitrogen and oxygen atoms in total. The molecule has 2 atom stereocenters. The van der Waals surface area contributed by atoms with Gasteiger partial charge in [-0.1, -0.05) is 72.8 Å². The van der Waals surface area contributed by atoms with E-state index in [0.717, 1.165) is 169 Å². The minimum absolute atomic E-state index is 0.109. The van der Waals surface area contributed by atoms with E-state index in [1.54, 1.807) is 48.0 Å². The summed E-state index contributed by atoms with van der Waals surface area (Å²) in [6.07, 6.45) is 19.0. The van der Waals surface area contributed by atoms with Crippen molar-refractivity contribution in [2.45, 2.75) is 37.6 Å². The largest absolute Gasteiger partial charge is 0.384 e. The standard InChI is InChI=1S/C28H29F2N9.C27H29FN10O.C26H31N11O2/c29-28(30)18-37(19-28)17-22-7-4-8-24(14-22)35-25-33-20-34-27(36-25)39-11-9-38(10-12-39)26-31-15-23(16-32-26)13-21-5-2-1-3-6-21;28-20-1-3-21(4-2-20)33-23-17-29-26(30-18-23)37-9-11-38(12-10-37)27-32-19-31-25(35-27)34-22-5-7-24(8-6-22)36-13-15-39-16-14-36;38-23(19-4-2-1-3-5-19)20-12-28-25(29-13-20)35-7-9-36(10-8-35)26-31-18-30-24(34-26)33-21-14-32-37(16-21)17-22-15-27-6-11-39-22/h1-8,14-16,20H,9-13,17-19H2,(H,33,34,35,36);1-8,17-19,33H,9-16H2,(H,31,32,34,35);1-5,12-14,16,18,22-23,27,38H,6-11,15,17H2,(H,30,31,33,34). The Balaban J connectivity index is 0.000000131. The van der Waals surface area contributed by atoms with E-state index >= 15 is 0 Å². The van der Waals surface area contributed by atoms with Crippen molar-refractivity contribution in [3.05, 3.63) is 236 Å². The first-order valence-corrected chi connectivity index (χ1v) is 39.0. The van der Waals surface area contributed by atoms with E-state index in [-0.39, 0.29) is 25.0 Å². The Morgan fingerprint density at radius 3 is 1.46 bits per heavy atom. The van der Waals surface area contributed by atoms with Crippen molar-refractivity contribution in [3.63, 3.8) is 0 Å². The normalized spacial score (nSPS) is 17.2. The summed E-state index contributed by atoms with van der Waals surface area (Å²) < 4.78 is 52.5. The van der Waals surface area contributed by atoms with Gasteiger partial charge in [-0.2, -0.15) is 20.1 Å². The van der Waals surface area contributed by atoms with Gasteiger partial charge in [0.05, 0.1) is 75.5 Å². The van der Waals surface area contributed by atoms with Crippen molar-refractivity contribution in [2.24, 2.45) is 0 Å². The van der Waals surface area contributed by atoms with Gasteiger partial charge in [-0.25, -0.2) is 73.0 Å². The smallest absolute Gasteiger partial charge is 0.272 e. The van der Waals surface area contributed by atoms with Gasteiger partial charge >= 0.3 is 0 Å². The number of anilines is 15. The molecule has 0 aliphatic carbocycles. The number of aliphatic hydroxyl groups excluding tert-OH is 1. The van der Waals surface area contributed by atoms with Crippen LogP contribution in [0.5, 0.6) is 0 Å². The second-order valence-corrected chi connectivity index (χ2v) is 28.7. The molecule has 36 heteroatoms. The minimum Gasteiger partial charge on any atom is -0.384 e. The molecule has 7 aromatic heterocycles. The van der Waals surface area contributed by atoms with Crippen LogP contribution in [0.1, 0.15) is 33.9 Å². The quantitative estimate of drug-likeness (QED) is 0.0351. The number of morpholine rings is 2. The molecule has 0 radical (unpaired) electrons. The fourth-order valence-electron chi connectivity index (χ4n) is 14.1. The molecule has 0 amide bonds. The van der Waals surface area contributed by atoms with Crippen molar-refractivity contribution in [2.75, 3.05) is 193 Å². The number of piperazine rings is 3. The molecule has 6 aliphatic rings. The maximum atomic E-state index is 13.1. The summed E-state index contributed by atoms with van der Waals surface area (Å²) in [5, 5.41) is 31.3. The molecule has 6 saturated heterocycles. The molecule has 0 saturated carbocycles. The van der Waals surface area contributed by atoms with Crippen LogP contribution in [0.4, 0.5) is 101 Å². The Labute approximate surface area is 673 Å². The van der Waals surface area contributed by atoms with Crippen LogP contribution in [0.15, 0.2) is 202 Å². The summed E-state index contributed by atoms with van der Waals surface area (Å²) in [6, 6.07) is 41.9. The number of aromatic nitrogens is 17. The molecular formula is C81H89F3N30O3. The molecule has 6 aliphatic heterocycles. The first-order chi connectivity index (χ1) is 57.4. The third kappa shape index (κ3) is 21.3. The van der Waals surface area contributed by atoms with Gasteiger partial charge in [0.1, 0.15) is 30.9 Å². The van der Waals surface area contributed by atoms with E-state index in [1.807, 2.05) is 108 Å². The van der Waals surface area contributed by atoms with Crippen LogP contribution >= 0.6 is 0 Å². The highest BCUT2D eigenvalue weighted by Crippen LogP contribution is 2.31. The molecule has 18 rings (SSSR count). The van der Waals surface area contributed by atoms with Crippen molar-refractivity contribution in [1.82, 2.24) is 94.8 Å². The Morgan fingerprint density at radius 1 is 0.436 bits per heavy atom. The van der Waals surface area contributed by atoms with Crippen LogP contribution in [0.2, 0.25) is 0 Å². The summed E-state index contributed by atoms with van der Waals surface area (Å²) in [6.45, 7) is 15.3. The molecule has 5 aromatic carbocycles. The number of hydrogen-bond acceptors (Lipinski definition) is 32. The lowest BCUT2D eigenvalue weighted by Gasteiger charge is -2.38. The zero-order valence-corrected chi connectivity index (χ0v) is 64.3. The van der Waals surface area contributed by atoms with Crippen LogP contribution in [0.3, 0.4) is 0 Å². The molecule has 117 heavy (non-hydrogen) atoms. The lowest BCUT2D eigenvalue weighted by Crippen LogP contribution is -2.55. The highest BCUT2D eigenvalue weighted by atomic mass is 19.3. The highest BCUT2D eigenvalue weighted by molar-refractivity contribution is 5.62. The van der Waals surface area contributed by atoms with Gasteiger partial charge in [0, 0.05) is 177 Å². The summed E-state index contributed by atoms with van der Waals surface area (Å²) in [4.78, 5) is 84.0. The molecule has 0 spiro atoms. The van der Waals surface area contributed by atoms with E-state index in [0.29, 0.717) is 79.3 Å². The number of hydrogen-bond donors (Lipinski definition) is 6. The third-order valence-electron chi connectivity index (χ3n) is 20.3. The topological polar surface area (TPSA) is 336 Å². The Kier molecular flexibility index (Phi) is 25.0. The van der Waals surface area contributed by atoms with Gasteiger partial charge in [0.2, 0.25) is 53.5 Å². The number of benzene rings is 5. The lowest BCUT2D eigenvalue weighted by molar-refractivity contribution is -0.133. The maximum absolute atomic E-state index is 13.1. The zero-order valence-electron chi connectivity index (χ0n) is 64.3. The molecular weight excluding hydrogens is 1500 g/mol. The average molecular weight is 1590 g/mol. The summed E-state index contributed by atoms with van der Waals surface area (Å²) in [7, 11) is 0. The average Bonchev–Trinajstić information content (AvgIpc) is 1.20. The predicted molar refractivity (Wildman–Crippen MR) is 439 cm³/mol. The second-order valence-electron chi connectivity index (χ2n) is 28.7. The van der Waals surface area contributed by atoms with Gasteiger partial charge in [-0.3, -0.25) is 9.58 Å². The fourth-order valence-corrected chi connectivity index (χ4v) is 14.1. The lowest BCUT2D eigenvalue weighted by atomic mass is 10.0. The van der Waals surface area contributed by atoms with Crippen LogP contribution < -0.4 is 60.9 Å². The van der Waals surface area contributed by atoms with Crippen molar-refractivity contribution >= 4 is 87.7 Å². The fraction of sp³-hybridized carbons (Fsp3) is 0.333. The number of ether oxygens (including phenoxy) is 2. The SMILES string of the molecule is FC1(F)CN(Cc2cccc(Nc3ncnc(N4CCN(c5ncc(Cc6ccccc6)cn5)CC4)n3)c2)C1.Fc1ccc(Nc2cnc(N3CCN(c4ncnc(Nc5ccc(N6CCOCC6)cc5)n4)CC3)nc2)cc1.OC(c1ccccc1)c1cnc(N2CCN(c3ncnc(Nc4cnn(CC5CNCCO5)c4)n3)CC2)nc1. The summed E-state index contributed by atoms with van der Waals surface area (Å²) >= 11 is 0. The number of nitrogens with one attached hydrogen (secondary N) is 5. The summed E-state index contributed by atoms with van der Waals surface area (Å²) in [5.41, 5.74) is 9.98. The van der Waals surface area contributed by atoms with Crippen molar-refractivity contribution < 1.29 is 27.8 Å². The Morgan fingerprint density at radius 2 is 0.923 bits per heavy atom. The van der Waals surface area contributed by atoms with Crippen LogP contribution in [0.25, 0.3) is 0 Å². The van der Waals surface area contributed by atoms with Crippen LogP contribution in [-0.2, 0) is 29.0 Å². The first kappa shape index (κ1) is 77.9. The van der Waals surface area contributed by atoms with E-state index in [9.17, 15) is 18.3 Å². The Bertz CT molecular complexity index is 5100. The first-order valence-electron chi connectivity index (χ1n) is 39.0. The van der Waals surface area contributed by atoms with E-state index in [1.165, 1.54) is 42.4 Å². The number of alkyl halides is 2. The van der Waals surface area contributed by atoms with E-state index in [4.69, 9.17) is 9.47 Å². The van der Waals surface area contributed by atoms with Crippen LogP contribution in [0, 0.1) is 5.82 Å². The molecule has 0 bridgehead atoms. The van der Waals surface area contributed by atoms with Gasteiger partial charge in [0.15, 0.2) is 0 Å². The van der Waals surface area contributed by atoms with E-state index < -0.39 is 12.0 Å². The van der Waals surface area contributed by atoms with Gasteiger partial charge < -0.3 is 75.5 Å². The van der Waals surface area contributed by atoms with Crippen molar-refractivity contribution in [3.8, 4) is 0 Å². The number of likely N-dealkylation sites (tertiary alicyclic amines) is 1. The van der Waals surface area contributed by atoms with Crippen molar-refractivity contribution in [1.29, 1.82) is 0 Å². The zero-order chi connectivity index (χ0) is 79.5. The monoisotopic (exact) mass is 1590 g/mol. The van der Waals surface area contributed by atoms with Gasteiger partial charge in [-0.05, 0) is 82.9 Å². The number of halogens is 3. The molecule has 6 N–H and O–H groups in total.